The largest absolute Gasteiger partial charge is 0.385 e. The first-order valence-electron chi connectivity index (χ1n) is 6.01. The number of nitrogens with zero attached hydrogens (tertiary/aromatic N) is 3. The Hall–Kier alpha value is -2.02. The SMILES string of the molecule is CCCNc1ccc(C(=O)Nc2nnns2)cc1C. The van der Waals surface area contributed by atoms with Gasteiger partial charge in [0.15, 0.2) is 0 Å². The lowest BCUT2D eigenvalue weighted by Crippen LogP contribution is -2.12. The molecule has 7 heteroatoms. The Morgan fingerprint density at radius 3 is 2.89 bits per heavy atom. The normalized spacial score (nSPS) is 10.2. The lowest BCUT2D eigenvalue weighted by atomic mass is 10.1. The van der Waals surface area contributed by atoms with Gasteiger partial charge in [-0.05, 0) is 42.3 Å². The Kier molecular flexibility index (Phi) is 4.40. The van der Waals surface area contributed by atoms with Crippen LogP contribution in [0.25, 0.3) is 0 Å². The maximum atomic E-state index is 12.0. The highest BCUT2D eigenvalue weighted by Gasteiger charge is 2.09. The lowest BCUT2D eigenvalue weighted by Gasteiger charge is -2.10. The van der Waals surface area contributed by atoms with Crippen LogP contribution in [0.4, 0.5) is 10.8 Å². The van der Waals surface area contributed by atoms with Crippen molar-refractivity contribution in [2.24, 2.45) is 0 Å². The molecule has 0 spiro atoms. The predicted octanol–water partition coefficient (Wildman–Crippen LogP) is 2.32. The second kappa shape index (κ2) is 6.24. The molecule has 1 aromatic heterocycles. The number of benzene rings is 1. The Labute approximate surface area is 115 Å². The summed E-state index contributed by atoms with van der Waals surface area (Å²) < 4.78 is 3.59. The molecule has 0 aliphatic rings. The Bertz CT molecular complexity index is 555. The van der Waals surface area contributed by atoms with E-state index in [9.17, 15) is 4.79 Å². The van der Waals surface area contributed by atoms with E-state index in [0.29, 0.717) is 10.7 Å². The van der Waals surface area contributed by atoms with Crippen molar-refractivity contribution in [3.05, 3.63) is 29.3 Å². The smallest absolute Gasteiger partial charge is 0.257 e. The molecule has 0 radical (unpaired) electrons. The molecular weight excluding hydrogens is 262 g/mol. The zero-order valence-corrected chi connectivity index (χ0v) is 11.6. The topological polar surface area (TPSA) is 79.8 Å². The summed E-state index contributed by atoms with van der Waals surface area (Å²) in [5.74, 6) is -0.205. The number of carbonyl (C=O) groups is 1. The van der Waals surface area contributed by atoms with Crippen LogP contribution >= 0.6 is 11.5 Å². The fourth-order valence-electron chi connectivity index (χ4n) is 1.61. The summed E-state index contributed by atoms with van der Waals surface area (Å²) in [7, 11) is 0. The molecule has 2 rings (SSSR count). The molecule has 0 atom stereocenters. The van der Waals surface area contributed by atoms with Gasteiger partial charge in [0.1, 0.15) is 0 Å². The van der Waals surface area contributed by atoms with E-state index in [-0.39, 0.29) is 5.91 Å². The summed E-state index contributed by atoms with van der Waals surface area (Å²) in [6.45, 7) is 5.00. The minimum absolute atomic E-state index is 0.205. The third kappa shape index (κ3) is 3.47. The van der Waals surface area contributed by atoms with Gasteiger partial charge in [-0.2, -0.15) is 0 Å². The van der Waals surface area contributed by atoms with Crippen LogP contribution in [0.3, 0.4) is 0 Å². The molecule has 100 valence electrons. The van der Waals surface area contributed by atoms with Gasteiger partial charge in [0.25, 0.3) is 5.91 Å². The summed E-state index contributed by atoms with van der Waals surface area (Å²) in [5.41, 5.74) is 2.68. The van der Waals surface area contributed by atoms with Crippen molar-refractivity contribution in [1.29, 1.82) is 0 Å². The number of carbonyl (C=O) groups excluding carboxylic acids is 1. The average molecular weight is 277 g/mol. The van der Waals surface area contributed by atoms with Crippen molar-refractivity contribution in [2.75, 3.05) is 17.2 Å². The zero-order chi connectivity index (χ0) is 13.7. The standard InChI is InChI=1S/C12H15N5OS/c1-3-6-13-10-5-4-9(7-8(10)2)11(18)14-12-15-16-17-19-12/h4-5,7,13H,3,6H2,1-2H3,(H,14,15,17,18). The predicted molar refractivity (Wildman–Crippen MR) is 75.6 cm³/mol. The van der Waals surface area contributed by atoms with E-state index in [4.69, 9.17) is 0 Å². The number of aryl methyl sites for hydroxylation is 1. The molecule has 1 amide bonds. The molecule has 0 unspecified atom stereocenters. The molecule has 0 saturated carbocycles. The van der Waals surface area contributed by atoms with Crippen LogP contribution < -0.4 is 10.6 Å². The second-order valence-electron chi connectivity index (χ2n) is 4.08. The van der Waals surface area contributed by atoms with E-state index in [1.165, 1.54) is 0 Å². The van der Waals surface area contributed by atoms with Gasteiger partial charge in [0.2, 0.25) is 5.13 Å². The van der Waals surface area contributed by atoms with Crippen molar-refractivity contribution in [1.82, 2.24) is 14.8 Å². The highest BCUT2D eigenvalue weighted by Crippen LogP contribution is 2.17. The van der Waals surface area contributed by atoms with Gasteiger partial charge in [-0.3, -0.25) is 10.1 Å². The quantitative estimate of drug-likeness (QED) is 0.876. The maximum absolute atomic E-state index is 12.0. The maximum Gasteiger partial charge on any atom is 0.257 e. The third-order valence-corrected chi connectivity index (χ3v) is 3.09. The van der Waals surface area contributed by atoms with E-state index in [0.717, 1.165) is 35.7 Å². The van der Waals surface area contributed by atoms with E-state index in [1.54, 1.807) is 6.07 Å². The number of nitrogens with one attached hydrogen (secondary N) is 2. The number of aromatic nitrogens is 3. The molecule has 0 fully saturated rings. The first-order chi connectivity index (χ1) is 9.20. The van der Waals surface area contributed by atoms with Gasteiger partial charge in [0.05, 0.1) is 0 Å². The Morgan fingerprint density at radius 1 is 1.42 bits per heavy atom. The second-order valence-corrected chi connectivity index (χ2v) is 4.81. The van der Waals surface area contributed by atoms with Crippen LogP contribution in [-0.4, -0.2) is 27.3 Å². The monoisotopic (exact) mass is 277 g/mol. The molecular formula is C12H15N5OS. The van der Waals surface area contributed by atoms with Crippen molar-refractivity contribution in [2.45, 2.75) is 20.3 Å². The van der Waals surface area contributed by atoms with Crippen LogP contribution in [0.15, 0.2) is 18.2 Å². The van der Waals surface area contributed by atoms with Gasteiger partial charge in [0, 0.05) is 29.3 Å². The zero-order valence-electron chi connectivity index (χ0n) is 10.8. The number of anilines is 2. The third-order valence-electron chi connectivity index (χ3n) is 2.57. The fraction of sp³-hybridized carbons (Fsp3) is 0.333. The summed E-state index contributed by atoms with van der Waals surface area (Å²) in [6.07, 6.45) is 1.06. The number of rotatable bonds is 5. The molecule has 6 nitrogen and oxygen atoms in total. The van der Waals surface area contributed by atoms with E-state index in [1.807, 2.05) is 19.1 Å². The van der Waals surface area contributed by atoms with E-state index >= 15 is 0 Å². The Balaban J connectivity index is 2.08. The molecule has 2 N–H and O–H groups in total. The van der Waals surface area contributed by atoms with Crippen LogP contribution in [0.1, 0.15) is 29.3 Å². The van der Waals surface area contributed by atoms with E-state index < -0.39 is 0 Å². The molecule has 0 aliphatic carbocycles. The van der Waals surface area contributed by atoms with Crippen LogP contribution in [-0.2, 0) is 0 Å². The number of hydrogen-bond donors (Lipinski definition) is 2. The lowest BCUT2D eigenvalue weighted by molar-refractivity contribution is 0.102. The summed E-state index contributed by atoms with van der Waals surface area (Å²) in [5, 5.41) is 13.5. The summed E-state index contributed by atoms with van der Waals surface area (Å²) >= 11 is 1.05. The summed E-state index contributed by atoms with van der Waals surface area (Å²) in [4.78, 5) is 12.0. The average Bonchev–Trinajstić information content (AvgIpc) is 2.90. The highest BCUT2D eigenvalue weighted by atomic mass is 32.1. The number of hydrogen-bond acceptors (Lipinski definition) is 6. The van der Waals surface area contributed by atoms with Crippen LogP contribution in [0.5, 0.6) is 0 Å². The first-order valence-corrected chi connectivity index (χ1v) is 6.79. The summed E-state index contributed by atoms with van der Waals surface area (Å²) in [6, 6.07) is 5.55. The molecule has 0 aliphatic heterocycles. The molecule has 2 aromatic rings. The molecule has 0 saturated heterocycles. The van der Waals surface area contributed by atoms with Crippen molar-refractivity contribution in [3.63, 3.8) is 0 Å². The van der Waals surface area contributed by atoms with Crippen molar-refractivity contribution in [3.8, 4) is 0 Å². The minimum Gasteiger partial charge on any atom is -0.385 e. The minimum atomic E-state index is -0.205. The first kappa shape index (κ1) is 13.4. The van der Waals surface area contributed by atoms with Gasteiger partial charge in [-0.1, -0.05) is 16.5 Å². The molecule has 1 aromatic carbocycles. The van der Waals surface area contributed by atoms with Crippen LogP contribution in [0.2, 0.25) is 0 Å². The van der Waals surface area contributed by atoms with Gasteiger partial charge in [-0.25, -0.2) is 0 Å². The van der Waals surface area contributed by atoms with Gasteiger partial charge >= 0.3 is 0 Å². The molecule has 1 heterocycles. The molecule has 0 bridgehead atoms. The van der Waals surface area contributed by atoms with Crippen LogP contribution in [0, 0.1) is 6.92 Å². The highest BCUT2D eigenvalue weighted by molar-refractivity contribution is 7.09. The molecule has 19 heavy (non-hydrogen) atoms. The van der Waals surface area contributed by atoms with E-state index in [2.05, 4.69) is 32.4 Å². The fourth-order valence-corrected chi connectivity index (χ4v) is 1.98. The van der Waals surface area contributed by atoms with Gasteiger partial charge < -0.3 is 5.32 Å². The van der Waals surface area contributed by atoms with Crippen molar-refractivity contribution >= 4 is 28.3 Å². The Morgan fingerprint density at radius 2 is 2.26 bits per heavy atom. The number of amides is 1. The van der Waals surface area contributed by atoms with Gasteiger partial charge in [-0.15, -0.1) is 0 Å². The van der Waals surface area contributed by atoms with Crippen molar-refractivity contribution < 1.29 is 4.79 Å².